The van der Waals surface area contributed by atoms with Gasteiger partial charge in [0.25, 0.3) is 0 Å². The van der Waals surface area contributed by atoms with Crippen molar-refractivity contribution in [1.29, 1.82) is 0 Å². The van der Waals surface area contributed by atoms with Crippen LogP contribution in [0.2, 0.25) is 0 Å². The molecule has 1 amide bonds. The SMILES string of the molecule is Cc1cc(C)n(-c2ccc(C(C)NC(=O)C(C)S(C)(=O)=O)cc2)n1. The third-order valence-electron chi connectivity index (χ3n) is 4.02. The van der Waals surface area contributed by atoms with Gasteiger partial charge in [0, 0.05) is 11.9 Å². The standard InChI is InChI=1S/C17H23N3O3S/c1-11-10-12(2)20(19-11)16-8-6-15(7-9-16)13(3)18-17(21)14(4)24(5,22)23/h6-10,13-14H,1-5H3,(H,18,21). The molecule has 0 aliphatic heterocycles. The Morgan fingerprint density at radius 1 is 1.17 bits per heavy atom. The summed E-state index contributed by atoms with van der Waals surface area (Å²) in [6, 6.07) is 9.39. The molecule has 2 unspecified atom stereocenters. The largest absolute Gasteiger partial charge is 0.348 e. The number of aryl methyl sites for hydroxylation is 2. The summed E-state index contributed by atoms with van der Waals surface area (Å²) >= 11 is 0. The third kappa shape index (κ3) is 4.03. The van der Waals surface area contributed by atoms with Crippen molar-refractivity contribution in [3.63, 3.8) is 0 Å². The first-order valence-corrected chi connectivity index (χ1v) is 9.68. The highest BCUT2D eigenvalue weighted by Crippen LogP contribution is 2.17. The fourth-order valence-electron chi connectivity index (χ4n) is 2.40. The molecule has 0 radical (unpaired) electrons. The van der Waals surface area contributed by atoms with Gasteiger partial charge in [-0.2, -0.15) is 5.10 Å². The fraction of sp³-hybridized carbons (Fsp3) is 0.412. The zero-order valence-electron chi connectivity index (χ0n) is 14.6. The van der Waals surface area contributed by atoms with Gasteiger partial charge in [-0.05, 0) is 51.5 Å². The minimum Gasteiger partial charge on any atom is -0.348 e. The molecule has 2 rings (SSSR count). The molecule has 1 aromatic heterocycles. The average molecular weight is 349 g/mol. The number of carbonyl (C=O) groups is 1. The van der Waals surface area contributed by atoms with E-state index in [1.165, 1.54) is 6.92 Å². The maximum atomic E-state index is 12.0. The van der Waals surface area contributed by atoms with Crippen LogP contribution in [0.3, 0.4) is 0 Å². The molecule has 0 saturated heterocycles. The highest BCUT2D eigenvalue weighted by Gasteiger charge is 2.24. The number of sulfone groups is 1. The summed E-state index contributed by atoms with van der Waals surface area (Å²) in [5, 5.41) is 6.11. The molecule has 0 aliphatic rings. The van der Waals surface area contributed by atoms with E-state index in [4.69, 9.17) is 0 Å². The zero-order chi connectivity index (χ0) is 18.1. The van der Waals surface area contributed by atoms with Crippen molar-refractivity contribution in [1.82, 2.24) is 15.1 Å². The Kier molecular flexibility index (Phi) is 5.13. The predicted octanol–water partition coefficient (Wildman–Crippen LogP) is 2.10. The number of amides is 1. The van der Waals surface area contributed by atoms with Crippen LogP contribution in [0.1, 0.15) is 36.8 Å². The van der Waals surface area contributed by atoms with Crippen LogP contribution in [-0.4, -0.2) is 35.6 Å². The lowest BCUT2D eigenvalue weighted by atomic mass is 10.1. The molecule has 0 spiro atoms. The molecule has 2 atom stereocenters. The molecular weight excluding hydrogens is 326 g/mol. The number of nitrogens with zero attached hydrogens (tertiary/aromatic N) is 2. The van der Waals surface area contributed by atoms with Crippen LogP contribution in [0.25, 0.3) is 5.69 Å². The smallest absolute Gasteiger partial charge is 0.238 e. The first-order chi connectivity index (χ1) is 11.1. The van der Waals surface area contributed by atoms with Gasteiger partial charge in [0.1, 0.15) is 5.25 Å². The summed E-state index contributed by atoms with van der Waals surface area (Å²) in [6.45, 7) is 7.15. The Morgan fingerprint density at radius 2 is 1.75 bits per heavy atom. The highest BCUT2D eigenvalue weighted by atomic mass is 32.2. The average Bonchev–Trinajstić information content (AvgIpc) is 2.84. The van der Waals surface area contributed by atoms with Gasteiger partial charge in [-0.25, -0.2) is 13.1 Å². The lowest BCUT2D eigenvalue weighted by molar-refractivity contribution is -0.121. The summed E-state index contributed by atoms with van der Waals surface area (Å²) < 4.78 is 24.8. The molecule has 1 aromatic carbocycles. The first-order valence-electron chi connectivity index (χ1n) is 7.72. The van der Waals surface area contributed by atoms with E-state index < -0.39 is 21.0 Å². The number of hydrogen-bond donors (Lipinski definition) is 1. The molecule has 0 fully saturated rings. The summed E-state index contributed by atoms with van der Waals surface area (Å²) in [6.07, 6.45) is 1.06. The van der Waals surface area contributed by atoms with Crippen LogP contribution in [0, 0.1) is 13.8 Å². The van der Waals surface area contributed by atoms with Gasteiger partial charge in [0.05, 0.1) is 17.4 Å². The van der Waals surface area contributed by atoms with Crippen molar-refractivity contribution in [2.24, 2.45) is 0 Å². The van der Waals surface area contributed by atoms with E-state index in [1.807, 2.05) is 55.8 Å². The molecule has 2 aromatic rings. The van der Waals surface area contributed by atoms with E-state index in [1.54, 1.807) is 0 Å². The molecule has 1 heterocycles. The Morgan fingerprint density at radius 3 is 2.21 bits per heavy atom. The number of aromatic nitrogens is 2. The van der Waals surface area contributed by atoms with Gasteiger partial charge in [0.2, 0.25) is 5.91 Å². The molecule has 0 bridgehead atoms. The zero-order valence-corrected chi connectivity index (χ0v) is 15.4. The number of rotatable bonds is 5. The van der Waals surface area contributed by atoms with Gasteiger partial charge in [-0.1, -0.05) is 12.1 Å². The van der Waals surface area contributed by atoms with E-state index in [0.717, 1.165) is 28.9 Å². The van der Waals surface area contributed by atoms with E-state index >= 15 is 0 Å². The Balaban J connectivity index is 2.13. The van der Waals surface area contributed by atoms with Crippen molar-refractivity contribution in [2.45, 2.75) is 39.0 Å². The first kappa shape index (κ1) is 18.2. The molecule has 0 saturated carbocycles. The summed E-state index contributed by atoms with van der Waals surface area (Å²) in [4.78, 5) is 12.0. The number of benzene rings is 1. The van der Waals surface area contributed by atoms with Crippen LogP contribution in [0.4, 0.5) is 0 Å². The van der Waals surface area contributed by atoms with Gasteiger partial charge >= 0.3 is 0 Å². The Hall–Kier alpha value is -2.15. The second kappa shape index (κ2) is 6.76. The lowest BCUT2D eigenvalue weighted by Crippen LogP contribution is -2.38. The van der Waals surface area contributed by atoms with E-state index in [-0.39, 0.29) is 6.04 Å². The summed E-state index contributed by atoms with van der Waals surface area (Å²) in [5.74, 6) is -0.493. The van der Waals surface area contributed by atoms with Crippen LogP contribution >= 0.6 is 0 Å². The second-order valence-electron chi connectivity index (χ2n) is 6.13. The highest BCUT2D eigenvalue weighted by molar-refractivity contribution is 7.92. The molecule has 7 heteroatoms. The van der Waals surface area contributed by atoms with Crippen molar-refractivity contribution < 1.29 is 13.2 Å². The second-order valence-corrected chi connectivity index (χ2v) is 8.50. The van der Waals surface area contributed by atoms with Crippen molar-refractivity contribution >= 4 is 15.7 Å². The molecule has 6 nitrogen and oxygen atoms in total. The molecule has 0 aliphatic carbocycles. The minimum atomic E-state index is -3.40. The minimum absolute atomic E-state index is 0.281. The maximum Gasteiger partial charge on any atom is 0.238 e. The van der Waals surface area contributed by atoms with Gasteiger partial charge in [0.15, 0.2) is 9.84 Å². The van der Waals surface area contributed by atoms with Gasteiger partial charge in [-0.3, -0.25) is 4.79 Å². The normalized spacial score (nSPS) is 14.2. The van der Waals surface area contributed by atoms with Crippen molar-refractivity contribution in [3.8, 4) is 5.69 Å². The Labute approximate surface area is 142 Å². The molecular formula is C17H23N3O3S. The molecule has 1 N–H and O–H groups in total. The summed E-state index contributed by atoms with van der Waals surface area (Å²) in [5.41, 5.74) is 3.83. The predicted molar refractivity (Wildman–Crippen MR) is 93.9 cm³/mol. The van der Waals surface area contributed by atoms with Crippen LogP contribution < -0.4 is 5.32 Å². The van der Waals surface area contributed by atoms with E-state index in [9.17, 15) is 13.2 Å². The third-order valence-corrected chi connectivity index (χ3v) is 5.52. The monoisotopic (exact) mass is 349 g/mol. The number of nitrogens with one attached hydrogen (secondary N) is 1. The number of carbonyl (C=O) groups excluding carboxylic acids is 1. The van der Waals surface area contributed by atoms with E-state index in [2.05, 4.69) is 10.4 Å². The maximum absolute atomic E-state index is 12.0. The van der Waals surface area contributed by atoms with Gasteiger partial charge in [-0.15, -0.1) is 0 Å². The summed E-state index contributed by atoms with van der Waals surface area (Å²) in [7, 11) is -3.40. The topological polar surface area (TPSA) is 81.1 Å². The molecule has 24 heavy (non-hydrogen) atoms. The Bertz CT molecular complexity index is 838. The van der Waals surface area contributed by atoms with Crippen molar-refractivity contribution in [2.75, 3.05) is 6.26 Å². The van der Waals surface area contributed by atoms with Crippen molar-refractivity contribution in [3.05, 3.63) is 47.3 Å². The van der Waals surface area contributed by atoms with Crippen LogP contribution in [0.15, 0.2) is 30.3 Å². The quantitative estimate of drug-likeness (QED) is 0.896. The lowest BCUT2D eigenvalue weighted by Gasteiger charge is -2.17. The van der Waals surface area contributed by atoms with Gasteiger partial charge < -0.3 is 5.32 Å². The fourth-order valence-corrected chi connectivity index (χ4v) is 2.86. The van der Waals surface area contributed by atoms with E-state index in [0.29, 0.717) is 0 Å². The van der Waals surface area contributed by atoms with Crippen LogP contribution in [0.5, 0.6) is 0 Å². The molecule has 130 valence electrons. The number of hydrogen-bond acceptors (Lipinski definition) is 4. The van der Waals surface area contributed by atoms with Crippen LogP contribution in [-0.2, 0) is 14.6 Å².